The third-order valence-corrected chi connectivity index (χ3v) is 6.88. The number of nitrogens with zero attached hydrogens (tertiary/aromatic N) is 3. The van der Waals surface area contributed by atoms with E-state index in [2.05, 4.69) is 6.07 Å². The Hall–Kier alpha value is -4.26. The zero-order valence-electron chi connectivity index (χ0n) is 19.1. The summed E-state index contributed by atoms with van der Waals surface area (Å²) in [7, 11) is 4.48. The van der Waals surface area contributed by atoms with Crippen LogP contribution in [-0.4, -0.2) is 27.2 Å². The van der Waals surface area contributed by atoms with Gasteiger partial charge in [-0.15, -0.1) is 0 Å². The largest absolute Gasteiger partial charge is 0.497 e. The normalized spacial score (nSPS) is 28.6. The lowest BCUT2D eigenvalue weighted by Crippen LogP contribution is -2.57. The minimum atomic E-state index is -2.10. The first-order chi connectivity index (χ1) is 16.3. The first kappa shape index (κ1) is 22.9. The Kier molecular flexibility index (Phi) is 5.36. The van der Waals surface area contributed by atoms with Crippen molar-refractivity contribution in [2.75, 3.05) is 21.3 Å². The molecule has 2 fully saturated rings. The van der Waals surface area contributed by atoms with E-state index >= 15 is 0 Å². The SMILES string of the molecule is COc1ccc(C23OC(=N)C(C#N)(C2C)C(C#N)(C#N)C(c2ccc(OC)cc2OC)O3)cc1. The van der Waals surface area contributed by atoms with Crippen molar-refractivity contribution in [2.24, 2.45) is 16.7 Å². The maximum Gasteiger partial charge on any atom is 0.244 e. The van der Waals surface area contributed by atoms with Crippen LogP contribution in [0.1, 0.15) is 24.2 Å². The second-order valence-corrected chi connectivity index (χ2v) is 8.11. The van der Waals surface area contributed by atoms with Crippen LogP contribution in [-0.2, 0) is 15.3 Å². The summed E-state index contributed by atoms with van der Waals surface area (Å²) in [6.45, 7) is 1.65. The van der Waals surface area contributed by atoms with Crippen molar-refractivity contribution in [3.05, 3.63) is 53.6 Å². The molecule has 0 aliphatic carbocycles. The van der Waals surface area contributed by atoms with Crippen molar-refractivity contribution in [1.82, 2.24) is 0 Å². The van der Waals surface area contributed by atoms with Crippen LogP contribution in [0.2, 0.25) is 0 Å². The predicted molar refractivity (Wildman–Crippen MR) is 118 cm³/mol. The second kappa shape index (κ2) is 7.95. The molecule has 2 saturated heterocycles. The highest BCUT2D eigenvalue weighted by molar-refractivity contribution is 5.89. The third-order valence-electron chi connectivity index (χ3n) is 6.88. The van der Waals surface area contributed by atoms with Crippen molar-refractivity contribution < 1.29 is 23.7 Å². The Morgan fingerprint density at radius 2 is 1.50 bits per heavy atom. The molecule has 0 radical (unpaired) electrons. The predicted octanol–water partition coefficient (Wildman–Crippen LogP) is 3.82. The molecule has 2 aromatic rings. The van der Waals surface area contributed by atoms with Crippen LogP contribution in [0.25, 0.3) is 0 Å². The van der Waals surface area contributed by atoms with E-state index in [4.69, 9.17) is 29.1 Å². The summed E-state index contributed by atoms with van der Waals surface area (Å²) in [5, 5.41) is 39.9. The molecule has 1 N–H and O–H groups in total. The molecular weight excluding hydrogens is 436 g/mol. The minimum Gasteiger partial charge on any atom is -0.497 e. The Labute approximate surface area is 197 Å². The monoisotopic (exact) mass is 458 g/mol. The molecule has 2 aliphatic heterocycles. The smallest absolute Gasteiger partial charge is 0.244 e. The van der Waals surface area contributed by atoms with Gasteiger partial charge < -0.3 is 23.7 Å². The van der Waals surface area contributed by atoms with E-state index in [9.17, 15) is 15.8 Å². The van der Waals surface area contributed by atoms with Gasteiger partial charge >= 0.3 is 0 Å². The molecule has 4 atom stereocenters. The van der Waals surface area contributed by atoms with E-state index in [1.807, 2.05) is 12.1 Å². The molecule has 9 nitrogen and oxygen atoms in total. The zero-order chi connectivity index (χ0) is 24.7. The standard InChI is InChI=1S/C25H22N4O5/c1-15-24(14-28)22(29)34-25(15,16-5-7-17(30-2)8-6-16)33-21(23(24,12-26)13-27)19-10-9-18(31-3)11-20(19)32-4/h5-11,15,21,29H,1-4H3. The van der Waals surface area contributed by atoms with E-state index in [0.29, 0.717) is 28.4 Å². The van der Waals surface area contributed by atoms with E-state index in [0.717, 1.165) is 0 Å². The quantitative estimate of drug-likeness (QED) is 0.713. The molecular formula is C25H22N4O5. The van der Waals surface area contributed by atoms with E-state index in [1.54, 1.807) is 49.4 Å². The molecule has 4 unspecified atom stereocenters. The van der Waals surface area contributed by atoms with Crippen LogP contribution in [0, 0.1) is 56.2 Å². The molecule has 4 rings (SSSR count). The molecule has 0 spiro atoms. The topological polar surface area (TPSA) is 141 Å². The molecule has 172 valence electrons. The molecule has 0 saturated carbocycles. The number of methoxy groups -OCH3 is 3. The van der Waals surface area contributed by atoms with Crippen LogP contribution in [0.5, 0.6) is 17.2 Å². The van der Waals surface area contributed by atoms with Gasteiger partial charge in [-0.3, -0.25) is 5.41 Å². The Morgan fingerprint density at radius 1 is 0.882 bits per heavy atom. The molecule has 2 aliphatic rings. The molecule has 9 heteroatoms. The van der Waals surface area contributed by atoms with Gasteiger partial charge in [0.05, 0.1) is 45.5 Å². The molecule has 2 bridgehead atoms. The van der Waals surface area contributed by atoms with Gasteiger partial charge in [0.1, 0.15) is 23.4 Å². The van der Waals surface area contributed by atoms with Crippen molar-refractivity contribution >= 4 is 5.90 Å². The van der Waals surface area contributed by atoms with Gasteiger partial charge in [-0.2, -0.15) is 15.8 Å². The maximum atomic E-state index is 10.4. The lowest BCUT2D eigenvalue weighted by Gasteiger charge is -2.49. The molecule has 0 aromatic heterocycles. The molecule has 0 amide bonds. The highest BCUT2D eigenvalue weighted by Crippen LogP contribution is 2.69. The first-order valence-electron chi connectivity index (χ1n) is 10.4. The molecule has 34 heavy (non-hydrogen) atoms. The maximum absolute atomic E-state index is 10.4. The number of nitrogens with one attached hydrogen (secondary N) is 1. The van der Waals surface area contributed by atoms with Crippen LogP contribution < -0.4 is 14.2 Å². The average molecular weight is 458 g/mol. The summed E-state index contributed by atoms with van der Waals surface area (Å²) in [5.74, 6) is -1.57. The van der Waals surface area contributed by atoms with Crippen LogP contribution in [0.15, 0.2) is 42.5 Å². The van der Waals surface area contributed by atoms with Crippen molar-refractivity contribution in [2.45, 2.75) is 18.8 Å². The number of hydrogen-bond acceptors (Lipinski definition) is 9. The summed E-state index contributed by atoms with van der Waals surface area (Å²) in [6, 6.07) is 17.9. The highest BCUT2D eigenvalue weighted by Gasteiger charge is 2.80. The zero-order valence-corrected chi connectivity index (χ0v) is 19.1. The number of rotatable bonds is 5. The lowest BCUT2D eigenvalue weighted by molar-refractivity contribution is -0.288. The van der Waals surface area contributed by atoms with Gasteiger partial charge in [0.2, 0.25) is 17.1 Å². The van der Waals surface area contributed by atoms with Crippen LogP contribution in [0.3, 0.4) is 0 Å². The molecule has 2 aromatic carbocycles. The van der Waals surface area contributed by atoms with Crippen molar-refractivity contribution in [3.8, 4) is 35.5 Å². The van der Waals surface area contributed by atoms with Crippen molar-refractivity contribution in [3.63, 3.8) is 0 Å². The Bertz CT molecular complexity index is 1260. The van der Waals surface area contributed by atoms with Gasteiger partial charge in [0.25, 0.3) is 0 Å². The summed E-state index contributed by atoms with van der Waals surface area (Å²) >= 11 is 0. The van der Waals surface area contributed by atoms with E-state index in [-0.39, 0.29) is 0 Å². The summed E-state index contributed by atoms with van der Waals surface area (Å²) in [6.07, 6.45) is -1.29. The number of ether oxygens (including phenoxy) is 5. The van der Waals surface area contributed by atoms with E-state index < -0.39 is 34.5 Å². The number of fused-ring (bicyclic) bond motifs is 2. The fourth-order valence-corrected chi connectivity index (χ4v) is 5.01. The minimum absolute atomic E-state index is 0.303. The van der Waals surface area contributed by atoms with Gasteiger partial charge in [-0.1, -0.05) is 6.92 Å². The highest BCUT2D eigenvalue weighted by atomic mass is 16.7. The summed E-state index contributed by atoms with van der Waals surface area (Å²) < 4.78 is 28.6. The summed E-state index contributed by atoms with van der Waals surface area (Å²) in [5.41, 5.74) is -3.14. The molecule has 2 heterocycles. The van der Waals surface area contributed by atoms with Gasteiger partial charge in [-0.25, -0.2) is 0 Å². The second-order valence-electron chi connectivity index (χ2n) is 8.11. The van der Waals surface area contributed by atoms with Gasteiger partial charge in [0, 0.05) is 17.2 Å². The average Bonchev–Trinajstić information content (AvgIpc) is 3.04. The summed E-state index contributed by atoms with van der Waals surface area (Å²) in [4.78, 5) is 0. The Morgan fingerprint density at radius 3 is 2.03 bits per heavy atom. The first-order valence-corrected chi connectivity index (χ1v) is 10.4. The number of nitriles is 3. The van der Waals surface area contributed by atoms with Crippen LogP contribution >= 0.6 is 0 Å². The van der Waals surface area contributed by atoms with Gasteiger partial charge in [-0.05, 0) is 36.4 Å². The third kappa shape index (κ3) is 2.64. The van der Waals surface area contributed by atoms with Crippen molar-refractivity contribution in [1.29, 1.82) is 21.2 Å². The fraction of sp³-hybridized carbons (Fsp3) is 0.360. The van der Waals surface area contributed by atoms with E-state index in [1.165, 1.54) is 21.3 Å². The lowest BCUT2D eigenvalue weighted by atomic mass is 9.53. The fourth-order valence-electron chi connectivity index (χ4n) is 5.01. The van der Waals surface area contributed by atoms with Crippen LogP contribution in [0.4, 0.5) is 0 Å². The number of benzene rings is 2. The van der Waals surface area contributed by atoms with Gasteiger partial charge in [0.15, 0.2) is 5.41 Å². The Balaban J connectivity index is 2.03. The number of hydrogen-bond donors (Lipinski definition) is 1.